The average Bonchev–Trinajstić information content (AvgIpc) is 3.15. The number of rotatable bonds is 7. The van der Waals surface area contributed by atoms with Gasteiger partial charge in [0.05, 0.1) is 17.9 Å². The van der Waals surface area contributed by atoms with E-state index >= 15 is 0 Å². The minimum atomic E-state index is -4.86. The molecule has 9 heteroatoms. The Morgan fingerprint density at radius 2 is 2.00 bits per heavy atom. The first-order chi connectivity index (χ1) is 13.8. The summed E-state index contributed by atoms with van der Waals surface area (Å²) >= 11 is 0.873. The van der Waals surface area contributed by atoms with Gasteiger partial charge in [-0.25, -0.2) is 9.79 Å². The average molecular weight is 424 g/mol. The second-order valence-electron chi connectivity index (χ2n) is 6.35. The van der Waals surface area contributed by atoms with Gasteiger partial charge in [0.1, 0.15) is 10.8 Å². The third kappa shape index (κ3) is 4.90. The Balaban J connectivity index is 1.78. The second kappa shape index (κ2) is 8.86. The van der Waals surface area contributed by atoms with Crippen molar-refractivity contribution in [3.05, 3.63) is 59.9 Å². The van der Waals surface area contributed by atoms with E-state index in [4.69, 9.17) is 9.47 Å². The number of carbonyl (C=O) groups is 1. The molecule has 3 rings (SSSR count). The molecule has 0 aliphatic carbocycles. The fraction of sp³-hybridized carbons (Fsp3) is 0.350. The van der Waals surface area contributed by atoms with Gasteiger partial charge in [-0.1, -0.05) is 25.1 Å². The molecule has 1 unspecified atom stereocenters. The normalized spacial score (nSPS) is 19.0. The highest BCUT2D eigenvalue weighted by Crippen LogP contribution is 2.44. The molecule has 1 aromatic carbocycles. The topological polar surface area (TPSA) is 60.8 Å². The number of nitrogens with zero attached hydrogens (tertiary/aromatic N) is 2. The predicted octanol–water partition coefficient (Wildman–Crippen LogP) is 4.87. The maximum atomic E-state index is 13.8. The fourth-order valence-corrected chi connectivity index (χ4v) is 3.64. The lowest BCUT2D eigenvalue weighted by molar-refractivity contribution is -0.245. The van der Waals surface area contributed by atoms with Crippen LogP contribution in [0.3, 0.4) is 0 Å². The maximum absolute atomic E-state index is 13.8. The number of hydrogen-bond donors (Lipinski definition) is 0. The molecule has 29 heavy (non-hydrogen) atoms. The SMILES string of the molecule is CCCCOc1ccc(C(=O)OC2(C(F)(F)F)CSC(c3cccnc3)=N2)cc1. The highest BCUT2D eigenvalue weighted by atomic mass is 32.2. The van der Waals surface area contributed by atoms with Gasteiger partial charge in [-0.05, 0) is 42.8 Å². The highest BCUT2D eigenvalue weighted by Gasteiger charge is 2.61. The van der Waals surface area contributed by atoms with Crippen LogP contribution in [0.1, 0.15) is 35.7 Å². The first-order valence-corrected chi connectivity index (χ1v) is 9.99. The van der Waals surface area contributed by atoms with E-state index in [1.807, 2.05) is 6.92 Å². The molecular weight excluding hydrogens is 405 g/mol. The number of thioether (sulfide) groups is 1. The Hall–Kier alpha value is -2.55. The Morgan fingerprint density at radius 1 is 1.24 bits per heavy atom. The largest absolute Gasteiger partial charge is 0.494 e. The molecule has 0 spiro atoms. The predicted molar refractivity (Wildman–Crippen MR) is 104 cm³/mol. The number of carbonyl (C=O) groups excluding carboxylic acids is 1. The molecule has 0 saturated carbocycles. The number of halogens is 3. The van der Waals surface area contributed by atoms with Crippen LogP contribution < -0.4 is 4.74 Å². The van der Waals surface area contributed by atoms with Gasteiger partial charge in [0.2, 0.25) is 0 Å². The van der Waals surface area contributed by atoms with E-state index in [0.29, 0.717) is 17.9 Å². The number of pyridine rings is 1. The molecule has 0 saturated heterocycles. The molecule has 1 aliphatic heterocycles. The molecule has 0 N–H and O–H groups in total. The van der Waals surface area contributed by atoms with Crippen LogP contribution in [0.4, 0.5) is 13.2 Å². The third-order valence-corrected chi connectivity index (χ3v) is 5.29. The van der Waals surface area contributed by atoms with Crippen LogP contribution >= 0.6 is 11.8 Å². The van der Waals surface area contributed by atoms with Crippen LogP contribution in [0.2, 0.25) is 0 Å². The molecule has 1 atom stereocenters. The van der Waals surface area contributed by atoms with Gasteiger partial charge in [0.25, 0.3) is 0 Å². The molecule has 1 aliphatic rings. The van der Waals surface area contributed by atoms with E-state index in [1.165, 1.54) is 36.7 Å². The standard InChI is InChI=1S/C20H19F3N2O3S/c1-2-3-11-27-16-8-6-14(7-9-16)18(26)28-19(20(21,22)23)13-29-17(25-19)15-5-4-10-24-12-15/h4-10,12H,2-3,11,13H2,1H3. The maximum Gasteiger partial charge on any atom is 0.451 e. The van der Waals surface area contributed by atoms with Gasteiger partial charge in [-0.15, -0.1) is 0 Å². The first-order valence-electron chi connectivity index (χ1n) is 9.00. The Bertz CT molecular complexity index is 873. The van der Waals surface area contributed by atoms with Crippen molar-refractivity contribution >= 4 is 22.8 Å². The van der Waals surface area contributed by atoms with Crippen molar-refractivity contribution in [1.29, 1.82) is 0 Å². The van der Waals surface area contributed by atoms with Crippen molar-refractivity contribution in [2.24, 2.45) is 4.99 Å². The summed E-state index contributed by atoms with van der Waals surface area (Å²) in [5.74, 6) is -1.11. The summed E-state index contributed by atoms with van der Waals surface area (Å²) in [6.45, 7) is 2.56. The van der Waals surface area contributed by atoms with Crippen LogP contribution in [0, 0.1) is 0 Å². The molecule has 154 valence electrons. The highest BCUT2D eigenvalue weighted by molar-refractivity contribution is 8.14. The smallest absolute Gasteiger partial charge is 0.451 e. The Labute approximate surface area is 170 Å². The number of benzene rings is 1. The monoisotopic (exact) mass is 424 g/mol. The molecular formula is C20H19F3N2O3S. The number of ether oxygens (including phenoxy) is 2. The van der Waals surface area contributed by atoms with Crippen LogP contribution in [0.5, 0.6) is 5.75 Å². The summed E-state index contributed by atoms with van der Waals surface area (Å²) < 4.78 is 51.7. The van der Waals surface area contributed by atoms with Gasteiger partial charge in [-0.3, -0.25) is 4.98 Å². The van der Waals surface area contributed by atoms with Crippen molar-refractivity contribution in [1.82, 2.24) is 4.98 Å². The van der Waals surface area contributed by atoms with Gasteiger partial charge in [0.15, 0.2) is 0 Å². The van der Waals surface area contributed by atoms with E-state index in [1.54, 1.807) is 12.1 Å². The van der Waals surface area contributed by atoms with Crippen molar-refractivity contribution in [2.75, 3.05) is 12.4 Å². The fourth-order valence-electron chi connectivity index (χ4n) is 2.52. The quantitative estimate of drug-likeness (QED) is 0.469. The summed E-state index contributed by atoms with van der Waals surface area (Å²) in [7, 11) is 0. The Morgan fingerprint density at radius 3 is 2.62 bits per heavy atom. The van der Waals surface area contributed by atoms with Gasteiger partial charge >= 0.3 is 17.9 Å². The van der Waals surface area contributed by atoms with E-state index < -0.39 is 23.6 Å². The summed E-state index contributed by atoms with van der Waals surface area (Å²) in [6.07, 6.45) is -0.0765. The van der Waals surface area contributed by atoms with Crippen molar-refractivity contribution in [2.45, 2.75) is 31.7 Å². The molecule has 2 heterocycles. The summed E-state index contributed by atoms with van der Waals surface area (Å²) in [4.78, 5) is 20.0. The van der Waals surface area contributed by atoms with Gasteiger partial charge in [0, 0.05) is 18.0 Å². The van der Waals surface area contributed by atoms with Crippen molar-refractivity contribution in [3.63, 3.8) is 0 Å². The van der Waals surface area contributed by atoms with Crippen LogP contribution in [-0.2, 0) is 4.74 Å². The van der Waals surface area contributed by atoms with Crippen molar-refractivity contribution in [3.8, 4) is 5.75 Å². The van der Waals surface area contributed by atoms with Crippen LogP contribution in [-0.4, -0.2) is 40.3 Å². The molecule has 0 bridgehead atoms. The van der Waals surface area contributed by atoms with Crippen LogP contribution in [0.25, 0.3) is 0 Å². The first kappa shape index (κ1) is 21.2. The number of alkyl halides is 3. The Kier molecular flexibility index (Phi) is 6.46. The number of aromatic nitrogens is 1. The minimum Gasteiger partial charge on any atom is -0.494 e. The molecule has 0 radical (unpaired) electrons. The zero-order valence-corrected chi connectivity index (χ0v) is 16.4. The molecule has 5 nitrogen and oxygen atoms in total. The van der Waals surface area contributed by atoms with E-state index in [2.05, 4.69) is 9.98 Å². The summed E-state index contributed by atoms with van der Waals surface area (Å²) in [6, 6.07) is 9.01. The number of unbranched alkanes of at least 4 members (excludes halogenated alkanes) is 1. The van der Waals surface area contributed by atoms with E-state index in [9.17, 15) is 18.0 Å². The van der Waals surface area contributed by atoms with Crippen molar-refractivity contribution < 1.29 is 27.4 Å². The lowest BCUT2D eigenvalue weighted by atomic mass is 10.2. The molecule has 0 fully saturated rings. The lowest BCUT2D eigenvalue weighted by Crippen LogP contribution is -2.48. The molecule has 0 amide bonds. The number of hydrogen-bond acceptors (Lipinski definition) is 6. The van der Waals surface area contributed by atoms with E-state index in [0.717, 1.165) is 24.6 Å². The van der Waals surface area contributed by atoms with Crippen LogP contribution in [0.15, 0.2) is 53.8 Å². The lowest BCUT2D eigenvalue weighted by Gasteiger charge is -2.27. The summed E-state index contributed by atoms with van der Waals surface area (Å²) in [5.41, 5.74) is -2.50. The van der Waals surface area contributed by atoms with Gasteiger partial charge in [-0.2, -0.15) is 13.2 Å². The molecule has 1 aromatic heterocycles. The summed E-state index contributed by atoms with van der Waals surface area (Å²) in [5, 5.41) is 0.128. The minimum absolute atomic E-state index is 0.00788. The zero-order valence-electron chi connectivity index (χ0n) is 15.6. The number of aliphatic imine (C=N–C) groups is 1. The third-order valence-electron chi connectivity index (χ3n) is 4.16. The number of esters is 1. The van der Waals surface area contributed by atoms with E-state index in [-0.39, 0.29) is 10.6 Å². The second-order valence-corrected chi connectivity index (χ2v) is 7.31. The molecule has 2 aromatic rings. The van der Waals surface area contributed by atoms with Gasteiger partial charge < -0.3 is 9.47 Å². The zero-order chi connectivity index (χ0) is 20.9.